The smallest absolute Gasteiger partial charge is 0.220 e. The van der Waals surface area contributed by atoms with Gasteiger partial charge in [-0.25, -0.2) is 0 Å². The first-order valence-corrected chi connectivity index (χ1v) is 10.0. The first kappa shape index (κ1) is 18.2. The van der Waals surface area contributed by atoms with Crippen molar-refractivity contribution in [2.24, 2.45) is 5.92 Å². The van der Waals surface area contributed by atoms with Crippen molar-refractivity contribution in [3.63, 3.8) is 0 Å². The summed E-state index contributed by atoms with van der Waals surface area (Å²) in [6.45, 7) is 5.76. The first-order chi connectivity index (χ1) is 13.2. The molecular formula is C19H28N6O2. The van der Waals surface area contributed by atoms with Crippen LogP contribution in [0.5, 0.6) is 0 Å². The monoisotopic (exact) mass is 372 g/mol. The molecule has 2 fully saturated rings. The maximum atomic E-state index is 12.1. The summed E-state index contributed by atoms with van der Waals surface area (Å²) in [6, 6.07) is 3.96. The molecule has 0 radical (unpaired) electrons. The summed E-state index contributed by atoms with van der Waals surface area (Å²) in [4.78, 5) is 14.4. The summed E-state index contributed by atoms with van der Waals surface area (Å²) >= 11 is 0. The molecule has 0 aliphatic carbocycles. The molecule has 146 valence electrons. The van der Waals surface area contributed by atoms with Crippen LogP contribution in [0, 0.1) is 5.92 Å². The van der Waals surface area contributed by atoms with Gasteiger partial charge in [-0.2, -0.15) is 4.52 Å². The zero-order valence-corrected chi connectivity index (χ0v) is 15.9. The summed E-state index contributed by atoms with van der Waals surface area (Å²) in [5, 5.41) is 16.1. The van der Waals surface area contributed by atoms with Gasteiger partial charge in [-0.05, 0) is 43.7 Å². The van der Waals surface area contributed by atoms with Crippen molar-refractivity contribution < 1.29 is 9.53 Å². The third-order valence-corrected chi connectivity index (χ3v) is 5.55. The van der Waals surface area contributed by atoms with Crippen molar-refractivity contribution >= 4 is 17.4 Å². The summed E-state index contributed by atoms with van der Waals surface area (Å²) in [6.07, 6.45) is 5.55. The van der Waals surface area contributed by atoms with Gasteiger partial charge in [0.1, 0.15) is 5.82 Å². The molecule has 4 heterocycles. The molecule has 8 nitrogen and oxygen atoms in total. The molecule has 2 aliphatic rings. The van der Waals surface area contributed by atoms with Gasteiger partial charge >= 0.3 is 0 Å². The highest BCUT2D eigenvalue weighted by molar-refractivity contribution is 5.76. The molecular weight excluding hydrogens is 344 g/mol. The Bertz CT molecular complexity index is 778. The molecule has 27 heavy (non-hydrogen) atoms. The molecule has 0 unspecified atom stereocenters. The lowest BCUT2D eigenvalue weighted by Gasteiger charge is -2.30. The number of amides is 1. The number of aromatic nitrogens is 4. The Balaban J connectivity index is 1.36. The quantitative estimate of drug-likeness (QED) is 0.829. The lowest BCUT2D eigenvalue weighted by molar-refractivity contribution is -0.121. The molecule has 1 atom stereocenters. The highest BCUT2D eigenvalue weighted by Crippen LogP contribution is 2.21. The number of nitrogens with one attached hydrogen (secondary N) is 1. The molecule has 1 N–H and O–H groups in total. The highest BCUT2D eigenvalue weighted by Gasteiger charge is 2.19. The third kappa shape index (κ3) is 4.37. The van der Waals surface area contributed by atoms with Crippen LogP contribution in [0.15, 0.2) is 12.1 Å². The zero-order valence-electron chi connectivity index (χ0n) is 15.9. The molecule has 0 bridgehead atoms. The lowest BCUT2D eigenvalue weighted by atomic mass is 9.99. The van der Waals surface area contributed by atoms with E-state index in [-0.39, 0.29) is 12.0 Å². The average Bonchev–Trinajstić information content (AvgIpc) is 3.34. The SMILES string of the molecule is CC1CCN(c2ccc3nnc(CCC(=O)NC[C@H]4CCCO4)n3n2)CC1. The molecule has 2 aromatic rings. The topological polar surface area (TPSA) is 84.7 Å². The zero-order chi connectivity index (χ0) is 18.6. The van der Waals surface area contributed by atoms with Crippen LogP contribution >= 0.6 is 0 Å². The molecule has 0 aromatic carbocycles. The molecule has 0 spiro atoms. The largest absolute Gasteiger partial charge is 0.376 e. The van der Waals surface area contributed by atoms with Crippen LogP contribution in [0.4, 0.5) is 5.82 Å². The number of anilines is 1. The van der Waals surface area contributed by atoms with E-state index in [0.717, 1.165) is 55.7 Å². The minimum atomic E-state index is 0.0171. The van der Waals surface area contributed by atoms with Crippen LogP contribution in [-0.4, -0.2) is 58.1 Å². The number of carbonyl (C=O) groups excluding carboxylic acids is 1. The van der Waals surface area contributed by atoms with Gasteiger partial charge in [0.25, 0.3) is 0 Å². The molecule has 0 saturated carbocycles. The predicted molar refractivity (Wildman–Crippen MR) is 102 cm³/mol. The van der Waals surface area contributed by atoms with Gasteiger partial charge in [0.05, 0.1) is 6.10 Å². The number of fused-ring (bicyclic) bond motifs is 1. The minimum absolute atomic E-state index is 0.0171. The second-order valence-electron chi connectivity index (χ2n) is 7.69. The van der Waals surface area contributed by atoms with Crippen molar-refractivity contribution in [2.75, 3.05) is 31.1 Å². The summed E-state index contributed by atoms with van der Waals surface area (Å²) < 4.78 is 7.31. The van der Waals surface area contributed by atoms with Crippen molar-refractivity contribution in [1.82, 2.24) is 25.1 Å². The molecule has 2 saturated heterocycles. The van der Waals surface area contributed by atoms with Crippen LogP contribution < -0.4 is 10.2 Å². The number of piperidine rings is 1. The minimum Gasteiger partial charge on any atom is -0.376 e. The Morgan fingerprint density at radius 1 is 1.26 bits per heavy atom. The Labute approximate surface area is 159 Å². The molecule has 8 heteroatoms. The van der Waals surface area contributed by atoms with Crippen LogP contribution in [0.2, 0.25) is 0 Å². The number of carbonyl (C=O) groups is 1. The van der Waals surface area contributed by atoms with Gasteiger partial charge < -0.3 is 15.0 Å². The number of aryl methyl sites for hydroxylation is 1. The average molecular weight is 372 g/mol. The summed E-state index contributed by atoms with van der Waals surface area (Å²) in [7, 11) is 0. The molecule has 2 aromatic heterocycles. The van der Waals surface area contributed by atoms with E-state index in [2.05, 4.69) is 27.3 Å². The van der Waals surface area contributed by atoms with Crippen molar-refractivity contribution in [3.05, 3.63) is 18.0 Å². The van der Waals surface area contributed by atoms with Crippen LogP contribution in [0.25, 0.3) is 5.65 Å². The molecule has 2 aliphatic heterocycles. The summed E-state index contributed by atoms with van der Waals surface area (Å²) in [5.74, 6) is 2.48. The molecule has 1 amide bonds. The van der Waals surface area contributed by atoms with Crippen molar-refractivity contribution in [1.29, 1.82) is 0 Å². The Kier molecular flexibility index (Phi) is 5.52. The maximum Gasteiger partial charge on any atom is 0.220 e. The standard InChI is InChI=1S/C19H28N6O2/c1-14-8-10-24(11-9-14)18-5-4-16-21-22-17(25(16)23-18)6-7-19(26)20-13-15-3-2-12-27-15/h4-5,14-15H,2-3,6-13H2,1H3,(H,20,26)/t15-/m1/s1. The fraction of sp³-hybridized carbons (Fsp3) is 0.684. The van der Waals surface area contributed by atoms with Gasteiger partial charge in [0, 0.05) is 39.1 Å². The van der Waals surface area contributed by atoms with Crippen molar-refractivity contribution in [3.8, 4) is 0 Å². The maximum absolute atomic E-state index is 12.1. The number of ether oxygens (including phenoxy) is 1. The molecule has 4 rings (SSSR count). The number of nitrogens with zero attached hydrogens (tertiary/aromatic N) is 5. The Morgan fingerprint density at radius 3 is 2.89 bits per heavy atom. The second kappa shape index (κ2) is 8.21. The number of hydrogen-bond acceptors (Lipinski definition) is 6. The van der Waals surface area contributed by atoms with E-state index in [4.69, 9.17) is 9.84 Å². The van der Waals surface area contributed by atoms with Crippen LogP contribution in [0.1, 0.15) is 44.9 Å². The van der Waals surface area contributed by atoms with E-state index in [1.54, 1.807) is 4.52 Å². The van der Waals surface area contributed by atoms with Gasteiger partial charge in [0.2, 0.25) is 5.91 Å². The van der Waals surface area contributed by atoms with E-state index in [9.17, 15) is 4.79 Å². The Hall–Kier alpha value is -2.22. The fourth-order valence-corrected chi connectivity index (χ4v) is 3.73. The number of hydrogen-bond donors (Lipinski definition) is 1. The first-order valence-electron chi connectivity index (χ1n) is 10.0. The lowest BCUT2D eigenvalue weighted by Crippen LogP contribution is -2.33. The van der Waals surface area contributed by atoms with Crippen LogP contribution in [0.3, 0.4) is 0 Å². The van der Waals surface area contributed by atoms with E-state index in [1.807, 2.05) is 12.1 Å². The predicted octanol–water partition coefficient (Wildman–Crippen LogP) is 1.59. The van der Waals surface area contributed by atoms with Gasteiger partial charge in [-0.1, -0.05) is 6.92 Å². The van der Waals surface area contributed by atoms with E-state index in [0.29, 0.717) is 19.4 Å². The second-order valence-corrected chi connectivity index (χ2v) is 7.69. The van der Waals surface area contributed by atoms with Gasteiger partial charge in [-0.15, -0.1) is 15.3 Å². The normalized spacial score (nSPS) is 21.1. The van der Waals surface area contributed by atoms with E-state index in [1.165, 1.54) is 12.8 Å². The van der Waals surface area contributed by atoms with E-state index >= 15 is 0 Å². The number of rotatable bonds is 6. The van der Waals surface area contributed by atoms with Gasteiger partial charge in [0.15, 0.2) is 11.5 Å². The summed E-state index contributed by atoms with van der Waals surface area (Å²) in [5.41, 5.74) is 0.721. The third-order valence-electron chi connectivity index (χ3n) is 5.55. The highest BCUT2D eigenvalue weighted by atomic mass is 16.5. The van der Waals surface area contributed by atoms with Crippen molar-refractivity contribution in [2.45, 2.75) is 51.6 Å². The van der Waals surface area contributed by atoms with Gasteiger partial charge in [-0.3, -0.25) is 4.79 Å². The fourth-order valence-electron chi connectivity index (χ4n) is 3.73. The Morgan fingerprint density at radius 2 is 2.11 bits per heavy atom. The van der Waals surface area contributed by atoms with E-state index < -0.39 is 0 Å². The van der Waals surface area contributed by atoms with Crippen LogP contribution in [-0.2, 0) is 16.0 Å².